The van der Waals surface area contributed by atoms with Crippen molar-refractivity contribution in [2.75, 3.05) is 9.80 Å². The SMILES string of the molecule is CC(Cc1cc(O)ccc1O)N(C(=O)Oc1ccc(Cl)cc1)c1ccc(N(C(=O)Oc2ccc(Cl)cc2)C(C)Cc2cc(O)ccc2O)c2c1C(=O)c1ccccc1C2=O. The number of fused-ring (bicyclic) bond motifs is 2. The Morgan fingerprint density at radius 2 is 0.917 bits per heavy atom. The van der Waals surface area contributed by atoms with Crippen LogP contribution in [0, 0.1) is 0 Å². The van der Waals surface area contributed by atoms with Gasteiger partial charge in [-0.2, -0.15) is 0 Å². The van der Waals surface area contributed by atoms with Gasteiger partial charge in [0.1, 0.15) is 34.5 Å². The molecule has 304 valence electrons. The number of phenols is 4. The zero-order chi connectivity index (χ0) is 42.8. The van der Waals surface area contributed by atoms with Gasteiger partial charge in [0.25, 0.3) is 0 Å². The number of nitrogens with zero attached hydrogens (tertiary/aromatic N) is 2. The quantitative estimate of drug-likeness (QED) is 0.0971. The van der Waals surface area contributed by atoms with Crippen molar-refractivity contribution in [3.8, 4) is 34.5 Å². The number of aromatic hydroxyl groups is 4. The summed E-state index contributed by atoms with van der Waals surface area (Å²) in [6.07, 6.45) is -2.06. The van der Waals surface area contributed by atoms with Gasteiger partial charge < -0.3 is 29.9 Å². The summed E-state index contributed by atoms with van der Waals surface area (Å²) in [6, 6.07) is 27.1. The highest BCUT2D eigenvalue weighted by Crippen LogP contribution is 2.42. The second-order valence-electron chi connectivity index (χ2n) is 14.2. The first-order valence-electron chi connectivity index (χ1n) is 18.6. The lowest BCUT2D eigenvalue weighted by molar-refractivity contribution is 0.0979. The molecule has 2 atom stereocenters. The second kappa shape index (κ2) is 17.1. The molecule has 7 rings (SSSR count). The van der Waals surface area contributed by atoms with E-state index in [0.717, 1.165) is 0 Å². The standard InChI is InChI=1S/C46H36Cl2N2O10/c1-25(21-27-23-31(51)11-19-39(27)53)49(45(57)59-33-13-7-29(47)8-14-33)37-17-18-38(42-41(37)43(55)35-5-3-4-6-36(35)44(42)56)50(46(58)60-34-15-9-30(48)10-16-34)26(2)22-28-24-32(52)12-20-40(28)54/h3-20,23-26,51-54H,21-22H2,1-2H3. The normalized spacial score (nSPS) is 12.8. The minimum Gasteiger partial charge on any atom is -0.508 e. The predicted octanol–water partition coefficient (Wildman–Crippen LogP) is 9.86. The summed E-state index contributed by atoms with van der Waals surface area (Å²) in [6.45, 7) is 3.27. The highest BCUT2D eigenvalue weighted by molar-refractivity contribution is 6.33. The van der Waals surface area contributed by atoms with Crippen LogP contribution in [0.15, 0.2) is 121 Å². The number of rotatable bonds is 10. The van der Waals surface area contributed by atoms with E-state index in [9.17, 15) is 39.6 Å². The van der Waals surface area contributed by atoms with Gasteiger partial charge in [-0.3, -0.25) is 19.4 Å². The fraction of sp³-hybridized carbons (Fsp3) is 0.130. The zero-order valence-electron chi connectivity index (χ0n) is 32.0. The fourth-order valence-corrected chi connectivity index (χ4v) is 7.47. The second-order valence-corrected chi connectivity index (χ2v) is 15.0. The highest BCUT2D eigenvalue weighted by atomic mass is 35.5. The van der Waals surface area contributed by atoms with E-state index in [-0.39, 0.29) is 92.1 Å². The number of anilines is 2. The largest absolute Gasteiger partial charge is 0.508 e. The van der Waals surface area contributed by atoms with Gasteiger partial charge in [-0.1, -0.05) is 47.5 Å². The number of carbonyl (C=O) groups excluding carboxylic acids is 4. The summed E-state index contributed by atoms with van der Waals surface area (Å²) in [5.41, 5.74) is 0.0571. The zero-order valence-corrected chi connectivity index (χ0v) is 33.5. The Hall–Kier alpha value is -7.02. The number of carbonyl (C=O) groups is 4. The molecule has 6 aromatic carbocycles. The van der Waals surface area contributed by atoms with Gasteiger partial charge in [0.05, 0.1) is 22.5 Å². The van der Waals surface area contributed by atoms with Gasteiger partial charge in [-0.05, 0) is 135 Å². The van der Waals surface area contributed by atoms with Gasteiger partial charge in [0.2, 0.25) is 0 Å². The third kappa shape index (κ3) is 8.42. The van der Waals surface area contributed by atoms with E-state index >= 15 is 0 Å². The van der Waals surface area contributed by atoms with Crippen molar-refractivity contribution in [2.24, 2.45) is 0 Å². The number of hydrogen-bond donors (Lipinski definition) is 4. The number of ether oxygens (including phenoxy) is 2. The number of benzene rings is 6. The maximum absolute atomic E-state index is 14.9. The molecule has 0 radical (unpaired) electrons. The van der Waals surface area contributed by atoms with Crippen molar-refractivity contribution in [1.29, 1.82) is 0 Å². The lowest BCUT2D eigenvalue weighted by atomic mass is 9.81. The van der Waals surface area contributed by atoms with Crippen LogP contribution in [0.1, 0.15) is 56.8 Å². The van der Waals surface area contributed by atoms with E-state index in [4.69, 9.17) is 32.7 Å². The first-order chi connectivity index (χ1) is 28.7. The van der Waals surface area contributed by atoms with Gasteiger partial charge in [-0.15, -0.1) is 0 Å². The lowest BCUT2D eigenvalue weighted by Crippen LogP contribution is -2.45. The molecule has 1 aliphatic rings. The number of phenolic OH excluding ortho intramolecular Hbond substituents is 4. The van der Waals surface area contributed by atoms with Gasteiger partial charge in [-0.25, -0.2) is 9.59 Å². The summed E-state index contributed by atoms with van der Waals surface area (Å²) >= 11 is 12.2. The van der Waals surface area contributed by atoms with Gasteiger partial charge in [0.15, 0.2) is 11.6 Å². The van der Waals surface area contributed by atoms with Crippen LogP contribution >= 0.6 is 23.2 Å². The number of halogens is 2. The summed E-state index contributed by atoms with van der Waals surface area (Å²) < 4.78 is 11.6. The third-order valence-electron chi connectivity index (χ3n) is 10.0. The van der Waals surface area contributed by atoms with Crippen molar-refractivity contribution in [1.82, 2.24) is 0 Å². The summed E-state index contributed by atoms with van der Waals surface area (Å²) in [5, 5.41) is 42.8. The van der Waals surface area contributed by atoms with E-state index in [1.807, 2.05) is 0 Å². The number of ketones is 2. The topological polar surface area (TPSA) is 174 Å². The van der Waals surface area contributed by atoms with Crippen LogP contribution in [0.3, 0.4) is 0 Å². The van der Waals surface area contributed by atoms with E-state index in [0.29, 0.717) is 10.0 Å². The minimum absolute atomic E-state index is 0.0470. The van der Waals surface area contributed by atoms with Crippen LogP contribution in [0.5, 0.6) is 34.5 Å². The molecule has 1 aliphatic carbocycles. The summed E-state index contributed by atoms with van der Waals surface area (Å²) in [7, 11) is 0. The molecular formula is C46H36Cl2N2O10. The van der Waals surface area contributed by atoms with E-state index < -0.39 is 35.8 Å². The first-order valence-corrected chi connectivity index (χ1v) is 19.4. The average Bonchev–Trinajstić information content (AvgIpc) is 3.22. The molecular weight excluding hydrogens is 811 g/mol. The minimum atomic E-state index is -0.967. The Labute approximate surface area is 354 Å². The molecule has 2 amide bonds. The van der Waals surface area contributed by atoms with Crippen molar-refractivity contribution < 1.29 is 49.1 Å². The van der Waals surface area contributed by atoms with Crippen molar-refractivity contribution >= 4 is 58.3 Å². The van der Waals surface area contributed by atoms with Crippen molar-refractivity contribution in [3.63, 3.8) is 0 Å². The molecule has 0 fully saturated rings. The molecule has 14 heteroatoms. The highest BCUT2D eigenvalue weighted by Gasteiger charge is 2.41. The fourth-order valence-electron chi connectivity index (χ4n) is 7.22. The Morgan fingerprint density at radius 3 is 1.28 bits per heavy atom. The Kier molecular flexibility index (Phi) is 11.7. The molecule has 0 saturated carbocycles. The van der Waals surface area contributed by atoms with E-state index in [2.05, 4.69) is 0 Å². The smallest absolute Gasteiger partial charge is 0.420 e. The predicted molar refractivity (Wildman–Crippen MR) is 226 cm³/mol. The number of amides is 2. The maximum Gasteiger partial charge on any atom is 0.420 e. The lowest BCUT2D eigenvalue weighted by Gasteiger charge is -2.35. The van der Waals surface area contributed by atoms with Crippen LogP contribution in [-0.2, 0) is 12.8 Å². The van der Waals surface area contributed by atoms with Crippen LogP contribution in [0.4, 0.5) is 21.0 Å². The molecule has 2 unspecified atom stereocenters. The summed E-state index contributed by atoms with van der Waals surface area (Å²) in [5.74, 6) is -1.66. The molecule has 0 aliphatic heterocycles. The Balaban J connectivity index is 1.43. The van der Waals surface area contributed by atoms with E-state index in [1.54, 1.807) is 26.0 Å². The van der Waals surface area contributed by atoms with Crippen LogP contribution in [0.2, 0.25) is 10.0 Å². The molecule has 12 nitrogen and oxygen atoms in total. The Morgan fingerprint density at radius 1 is 0.550 bits per heavy atom. The van der Waals surface area contributed by atoms with Crippen LogP contribution < -0.4 is 19.3 Å². The van der Waals surface area contributed by atoms with Gasteiger partial charge >= 0.3 is 12.2 Å². The molecule has 0 spiro atoms. The van der Waals surface area contributed by atoms with Crippen LogP contribution in [0.25, 0.3) is 0 Å². The molecule has 60 heavy (non-hydrogen) atoms. The Bertz CT molecular complexity index is 2470. The van der Waals surface area contributed by atoms with Crippen LogP contribution in [-0.4, -0.2) is 56.3 Å². The van der Waals surface area contributed by atoms with Gasteiger partial charge in [0, 0.05) is 33.3 Å². The van der Waals surface area contributed by atoms with Crippen molar-refractivity contribution in [3.05, 3.63) is 165 Å². The molecule has 0 saturated heterocycles. The third-order valence-corrected chi connectivity index (χ3v) is 10.5. The average molecular weight is 848 g/mol. The van der Waals surface area contributed by atoms with E-state index in [1.165, 1.54) is 119 Å². The monoisotopic (exact) mass is 846 g/mol. The molecule has 0 bridgehead atoms. The first kappa shape index (κ1) is 41.2. The molecule has 6 aromatic rings. The molecule has 4 N–H and O–H groups in total. The maximum atomic E-state index is 14.9. The summed E-state index contributed by atoms with van der Waals surface area (Å²) in [4.78, 5) is 61.0. The van der Waals surface area contributed by atoms with Crippen molar-refractivity contribution in [2.45, 2.75) is 38.8 Å². The number of hydrogen-bond acceptors (Lipinski definition) is 10. The molecule has 0 aromatic heterocycles. The molecule has 0 heterocycles.